The molecule has 0 spiro atoms. The van der Waals surface area contributed by atoms with Gasteiger partial charge in [-0.05, 0) is 25.1 Å². The van der Waals surface area contributed by atoms with Crippen LogP contribution >= 0.6 is 0 Å². The first-order chi connectivity index (χ1) is 11.7. The van der Waals surface area contributed by atoms with Crippen LogP contribution in [-0.4, -0.2) is 33.5 Å². The summed E-state index contributed by atoms with van der Waals surface area (Å²) in [5.74, 6) is 2.30. The number of rotatable bonds is 4. The van der Waals surface area contributed by atoms with Crippen molar-refractivity contribution in [2.45, 2.75) is 26.4 Å². The fraction of sp³-hybridized carbons (Fsp3) is 0.333. The monoisotopic (exact) mass is 324 g/mol. The van der Waals surface area contributed by atoms with Crippen LogP contribution in [0.4, 0.5) is 0 Å². The fourth-order valence-corrected chi connectivity index (χ4v) is 3.07. The van der Waals surface area contributed by atoms with Crippen LogP contribution in [0.25, 0.3) is 11.5 Å². The van der Waals surface area contributed by atoms with E-state index in [4.69, 9.17) is 14.1 Å². The van der Waals surface area contributed by atoms with E-state index in [9.17, 15) is 0 Å². The zero-order valence-electron chi connectivity index (χ0n) is 13.9. The number of ether oxygens (including phenoxy) is 1. The lowest BCUT2D eigenvalue weighted by molar-refractivity contribution is 0.238. The summed E-state index contributed by atoms with van der Waals surface area (Å²) in [6.45, 7) is 4.60. The van der Waals surface area contributed by atoms with Gasteiger partial charge in [0.05, 0.1) is 30.5 Å². The van der Waals surface area contributed by atoms with Crippen molar-refractivity contribution in [3.05, 3.63) is 53.4 Å². The molecule has 0 bridgehead atoms. The molecule has 2 aromatic heterocycles. The highest BCUT2D eigenvalue weighted by molar-refractivity contribution is 5.56. The Hall–Kier alpha value is -2.60. The number of nitrogens with zero attached hydrogens (tertiary/aromatic N) is 3. The molecule has 1 aliphatic heterocycles. The average molecular weight is 324 g/mol. The Morgan fingerprint density at radius 1 is 1.38 bits per heavy atom. The average Bonchev–Trinajstić information content (AvgIpc) is 3.21. The minimum Gasteiger partial charge on any atom is -0.497 e. The second-order valence-corrected chi connectivity index (χ2v) is 6.04. The van der Waals surface area contributed by atoms with Crippen molar-refractivity contribution in [3.8, 4) is 17.2 Å². The highest BCUT2D eigenvalue weighted by atomic mass is 16.5. The summed E-state index contributed by atoms with van der Waals surface area (Å²) >= 11 is 0. The number of imidazole rings is 1. The van der Waals surface area contributed by atoms with Gasteiger partial charge in [-0.2, -0.15) is 0 Å². The number of methoxy groups -OCH3 is 1. The summed E-state index contributed by atoms with van der Waals surface area (Å²) < 4.78 is 11.2. The lowest BCUT2D eigenvalue weighted by Gasteiger charge is -2.25. The third kappa shape index (κ3) is 2.80. The van der Waals surface area contributed by atoms with Crippen molar-refractivity contribution in [1.29, 1.82) is 0 Å². The van der Waals surface area contributed by atoms with E-state index in [1.807, 2.05) is 31.2 Å². The summed E-state index contributed by atoms with van der Waals surface area (Å²) in [5, 5.41) is 0. The van der Waals surface area contributed by atoms with Crippen LogP contribution in [0.1, 0.15) is 22.8 Å². The largest absolute Gasteiger partial charge is 0.497 e. The Labute approximate surface area is 140 Å². The van der Waals surface area contributed by atoms with Crippen LogP contribution in [-0.2, 0) is 19.5 Å². The van der Waals surface area contributed by atoms with Gasteiger partial charge in [0, 0.05) is 31.6 Å². The van der Waals surface area contributed by atoms with Gasteiger partial charge < -0.3 is 14.1 Å². The molecule has 124 valence electrons. The number of hydrogen-bond acceptors (Lipinski definition) is 5. The minimum atomic E-state index is 0.639. The lowest BCUT2D eigenvalue weighted by atomic mass is 10.1. The van der Waals surface area contributed by atoms with Gasteiger partial charge in [-0.25, -0.2) is 9.97 Å². The first-order valence-corrected chi connectivity index (χ1v) is 8.07. The molecule has 1 aliphatic rings. The number of aromatic nitrogens is 3. The number of nitrogens with one attached hydrogen (secondary N) is 1. The maximum Gasteiger partial charge on any atom is 0.226 e. The van der Waals surface area contributed by atoms with Crippen LogP contribution in [0.15, 0.2) is 35.0 Å². The van der Waals surface area contributed by atoms with Gasteiger partial charge in [-0.15, -0.1) is 0 Å². The van der Waals surface area contributed by atoms with E-state index in [0.29, 0.717) is 5.89 Å². The molecule has 0 saturated heterocycles. The smallest absolute Gasteiger partial charge is 0.226 e. The van der Waals surface area contributed by atoms with Gasteiger partial charge in [0.25, 0.3) is 0 Å². The second kappa shape index (κ2) is 6.13. The molecule has 0 amide bonds. The van der Waals surface area contributed by atoms with Crippen molar-refractivity contribution in [2.24, 2.45) is 0 Å². The molecule has 3 heterocycles. The highest BCUT2D eigenvalue weighted by Gasteiger charge is 2.21. The number of aryl methyl sites for hydroxylation is 1. The summed E-state index contributed by atoms with van der Waals surface area (Å²) in [7, 11) is 1.66. The number of hydrogen-bond donors (Lipinski definition) is 1. The van der Waals surface area contributed by atoms with E-state index in [-0.39, 0.29) is 0 Å². The summed E-state index contributed by atoms with van der Waals surface area (Å²) in [6.07, 6.45) is 2.74. The third-order valence-corrected chi connectivity index (χ3v) is 4.44. The number of aromatic amines is 1. The van der Waals surface area contributed by atoms with Crippen LogP contribution in [0.5, 0.6) is 5.75 Å². The molecule has 1 aromatic carbocycles. The van der Waals surface area contributed by atoms with Gasteiger partial charge in [0.15, 0.2) is 0 Å². The van der Waals surface area contributed by atoms with E-state index < -0.39 is 0 Å². The minimum absolute atomic E-state index is 0.639. The molecule has 6 heteroatoms. The maximum absolute atomic E-state index is 5.88. The number of oxazole rings is 1. The van der Waals surface area contributed by atoms with Crippen molar-refractivity contribution in [3.63, 3.8) is 0 Å². The molecule has 0 fully saturated rings. The molecule has 24 heavy (non-hydrogen) atoms. The van der Waals surface area contributed by atoms with Crippen molar-refractivity contribution in [2.75, 3.05) is 13.7 Å². The zero-order valence-corrected chi connectivity index (χ0v) is 13.9. The van der Waals surface area contributed by atoms with Gasteiger partial charge >= 0.3 is 0 Å². The fourth-order valence-electron chi connectivity index (χ4n) is 3.07. The Morgan fingerprint density at radius 3 is 3.17 bits per heavy atom. The van der Waals surface area contributed by atoms with Crippen LogP contribution in [0.3, 0.4) is 0 Å². The number of H-pyrrole nitrogens is 1. The van der Waals surface area contributed by atoms with Gasteiger partial charge in [0.1, 0.15) is 11.5 Å². The van der Waals surface area contributed by atoms with Crippen molar-refractivity contribution in [1.82, 2.24) is 19.9 Å². The van der Waals surface area contributed by atoms with E-state index in [2.05, 4.69) is 14.9 Å². The van der Waals surface area contributed by atoms with Gasteiger partial charge in [-0.3, -0.25) is 4.90 Å². The highest BCUT2D eigenvalue weighted by Crippen LogP contribution is 2.26. The first-order valence-electron chi connectivity index (χ1n) is 8.07. The summed E-state index contributed by atoms with van der Waals surface area (Å²) in [5.41, 5.74) is 4.30. The molecule has 0 atom stereocenters. The van der Waals surface area contributed by atoms with Crippen LogP contribution < -0.4 is 4.74 Å². The first kappa shape index (κ1) is 15.0. The van der Waals surface area contributed by atoms with E-state index in [1.165, 1.54) is 11.4 Å². The number of benzene rings is 1. The summed E-state index contributed by atoms with van der Waals surface area (Å²) in [4.78, 5) is 14.6. The Morgan fingerprint density at radius 2 is 2.29 bits per heavy atom. The molecule has 4 rings (SSSR count). The Balaban J connectivity index is 1.54. The molecular weight excluding hydrogens is 304 g/mol. The predicted molar refractivity (Wildman–Crippen MR) is 89.6 cm³/mol. The Kier molecular flexibility index (Phi) is 3.82. The maximum atomic E-state index is 5.88. The SMILES string of the molecule is COc1cccc(-c2nc(CN3CCc4nc[nH]c4C3)c(C)o2)c1. The zero-order chi connectivity index (χ0) is 16.5. The molecule has 0 aliphatic carbocycles. The molecule has 0 unspecified atom stereocenters. The van der Waals surface area contributed by atoms with E-state index >= 15 is 0 Å². The van der Waals surface area contributed by atoms with Crippen LogP contribution in [0.2, 0.25) is 0 Å². The molecule has 3 aromatic rings. The molecule has 1 N–H and O–H groups in total. The lowest BCUT2D eigenvalue weighted by Crippen LogP contribution is -2.30. The predicted octanol–water partition coefficient (Wildman–Crippen LogP) is 2.94. The normalized spacial score (nSPS) is 14.6. The van der Waals surface area contributed by atoms with E-state index in [1.54, 1.807) is 13.4 Å². The Bertz CT molecular complexity index is 852. The topological polar surface area (TPSA) is 67.2 Å². The standard InChI is InChI=1S/C18H20N4O2/c1-12-16(9-22-7-6-15-17(10-22)20-11-19-15)21-18(24-12)13-4-3-5-14(8-13)23-2/h3-5,8,11H,6-7,9-10H2,1-2H3,(H,19,20). The molecule has 6 nitrogen and oxygen atoms in total. The summed E-state index contributed by atoms with van der Waals surface area (Å²) in [6, 6.07) is 7.77. The molecular formula is C18H20N4O2. The third-order valence-electron chi connectivity index (χ3n) is 4.44. The van der Waals surface area contributed by atoms with Crippen molar-refractivity contribution >= 4 is 0 Å². The van der Waals surface area contributed by atoms with Gasteiger partial charge in [-0.1, -0.05) is 6.07 Å². The van der Waals surface area contributed by atoms with Crippen LogP contribution in [0, 0.1) is 6.92 Å². The van der Waals surface area contributed by atoms with Crippen molar-refractivity contribution < 1.29 is 9.15 Å². The molecule has 0 saturated carbocycles. The van der Waals surface area contributed by atoms with Gasteiger partial charge in [0.2, 0.25) is 5.89 Å². The second-order valence-electron chi connectivity index (χ2n) is 6.04. The number of fused-ring (bicyclic) bond motifs is 1. The van der Waals surface area contributed by atoms with E-state index in [0.717, 1.165) is 48.8 Å². The quantitative estimate of drug-likeness (QED) is 0.799. The molecule has 0 radical (unpaired) electrons.